The van der Waals surface area contributed by atoms with E-state index in [1.54, 1.807) is 36.9 Å². The van der Waals surface area contributed by atoms with E-state index in [1.165, 1.54) is 111 Å². The summed E-state index contributed by atoms with van der Waals surface area (Å²) in [5, 5.41) is 21.9. The van der Waals surface area contributed by atoms with Crippen molar-refractivity contribution in [2.24, 2.45) is 14.1 Å². The van der Waals surface area contributed by atoms with Gasteiger partial charge in [-0.05, 0) is 185 Å². The fourth-order valence-corrected chi connectivity index (χ4v) is 14.4. The van der Waals surface area contributed by atoms with Gasteiger partial charge in [0.05, 0.1) is 61.9 Å². The molecule has 0 radical (unpaired) electrons. The van der Waals surface area contributed by atoms with Crippen LogP contribution in [0.5, 0.6) is 0 Å². The summed E-state index contributed by atoms with van der Waals surface area (Å²) in [4.78, 5) is 70.6. The predicted octanol–water partition coefficient (Wildman–Crippen LogP) is 19.3. The standard InChI is InChI=1S/C21H21BrClNO3S.C18H21BN4O2.C12H9BrN4.C11H8BrFN2O.C11H6BrFN2O.C7H4BrFO/c1-11-10-14-18(28-20(22)24-14)16(12-6-8-13(23)9-7-12)15(11)17(19(25)26-5)27-21(2,3)4;1-17(2)18(3,4)25-19(24-17)13-6-7-15-14(8-13)16(22-23(15)5)12-9-20-11-21-10-12;1-17-11-3-2-9(13)4-10(11)12(16-17)8-5-14-7-15-6-8;2*12-8-1-2-10(13)9(3-8)11(16)7-4-14-6-15-5-7;8-6-1-2-7(9)5(3-6)4-10/h6-10,17H,1-5H3;6-11H,1-5H3;2-7H,1H3;1-6,11,16H;1-6H;1-4H/t17-;;;;;/m0...../s1. The molecule has 574 valence electrons. The Hall–Kier alpha value is -9.12. The average molecular weight is 1880 g/mol. The van der Waals surface area contributed by atoms with Gasteiger partial charge in [0, 0.05) is 131 Å². The van der Waals surface area contributed by atoms with E-state index in [2.05, 4.69) is 181 Å². The fourth-order valence-electron chi connectivity index (χ4n) is 11.2. The molecule has 7 aromatic carbocycles. The van der Waals surface area contributed by atoms with Gasteiger partial charge < -0.3 is 23.9 Å². The molecule has 14 aromatic rings. The van der Waals surface area contributed by atoms with Crippen molar-refractivity contribution < 1.29 is 51.4 Å². The van der Waals surface area contributed by atoms with Gasteiger partial charge in [0.15, 0.2) is 22.1 Å². The van der Waals surface area contributed by atoms with Gasteiger partial charge >= 0.3 is 13.1 Å². The summed E-state index contributed by atoms with van der Waals surface area (Å²) < 4.78 is 71.6. The molecule has 2 atom stereocenters. The number of hydrogen-bond acceptors (Lipinski definition) is 20. The van der Waals surface area contributed by atoms with Crippen LogP contribution in [-0.4, -0.2) is 119 Å². The van der Waals surface area contributed by atoms with E-state index >= 15 is 0 Å². The molecule has 32 heteroatoms. The molecule has 8 heterocycles. The number of fused-ring (bicyclic) bond motifs is 3. The summed E-state index contributed by atoms with van der Waals surface area (Å²) in [7, 11) is 4.85. The van der Waals surface area contributed by atoms with Crippen LogP contribution < -0.4 is 5.46 Å². The Balaban J connectivity index is 0.000000146. The van der Waals surface area contributed by atoms with Gasteiger partial charge in [-0.1, -0.05) is 99.6 Å². The van der Waals surface area contributed by atoms with Crippen molar-refractivity contribution in [1.82, 2.24) is 64.4 Å². The van der Waals surface area contributed by atoms with E-state index in [4.69, 9.17) is 30.4 Å². The number of rotatable bonds is 12. The molecule has 0 spiro atoms. The number of hydrogen-bond donors (Lipinski definition) is 1. The molecule has 0 bridgehead atoms. The van der Waals surface area contributed by atoms with Crippen LogP contribution in [0.3, 0.4) is 0 Å². The van der Waals surface area contributed by atoms with Gasteiger partial charge in [0.25, 0.3) is 0 Å². The van der Waals surface area contributed by atoms with Crippen molar-refractivity contribution in [2.45, 2.75) is 84.4 Å². The lowest BCUT2D eigenvalue weighted by Crippen LogP contribution is -2.41. The molecular weight excluding hydrogens is 1810 g/mol. The second-order valence-corrected chi connectivity index (χ2v) is 33.1. The molecule has 1 aliphatic rings. The Morgan fingerprint density at radius 2 is 1.10 bits per heavy atom. The van der Waals surface area contributed by atoms with Crippen molar-refractivity contribution in [2.75, 3.05) is 7.11 Å². The summed E-state index contributed by atoms with van der Waals surface area (Å²) in [6, 6.07) is 34.7. The highest BCUT2D eigenvalue weighted by Gasteiger charge is 2.52. The molecule has 112 heavy (non-hydrogen) atoms. The lowest BCUT2D eigenvalue weighted by molar-refractivity contribution is -0.164. The Labute approximate surface area is 694 Å². The van der Waals surface area contributed by atoms with Crippen LogP contribution in [0, 0.1) is 24.4 Å². The molecule has 0 aliphatic carbocycles. The van der Waals surface area contributed by atoms with Gasteiger partial charge in [-0.3, -0.25) is 19.0 Å². The minimum atomic E-state index is -1.06. The van der Waals surface area contributed by atoms with E-state index in [9.17, 15) is 32.7 Å². The molecule has 1 saturated heterocycles. The lowest BCUT2D eigenvalue weighted by atomic mass is 9.78. The van der Waals surface area contributed by atoms with Crippen LogP contribution in [0.25, 0.3) is 65.7 Å². The summed E-state index contributed by atoms with van der Waals surface area (Å²) in [5.74, 6) is -2.37. The van der Waals surface area contributed by atoms with Gasteiger partial charge in [0.1, 0.15) is 60.3 Å². The zero-order valence-electron chi connectivity index (χ0n) is 61.7. The topological polar surface area (TPSA) is 260 Å². The van der Waals surface area contributed by atoms with Crippen molar-refractivity contribution in [3.63, 3.8) is 0 Å². The summed E-state index contributed by atoms with van der Waals surface area (Å²) >= 11 is 24.1. The molecule has 21 nitrogen and oxygen atoms in total. The number of aromatic nitrogens is 13. The van der Waals surface area contributed by atoms with E-state index in [0.717, 1.165) is 90.6 Å². The SMILES string of the molecule is COC(=O)[C@@H](OC(C)(C)C)c1c(C)cc2nc(Br)sc2c1-c1ccc(Cl)cc1.Cn1nc(-c2cncnc2)c2cc(B3OC(C)(C)C(C)(C)O3)ccc21.Cn1nc(-c2cncnc2)c2cc(Br)ccc21.O=C(c1cncnc1)c1cc(Br)ccc1F.O=Cc1cc(Br)ccc1F.OC(c1cncnc1)c1cc(Br)ccc1F. The number of nitrogens with zero attached hydrogens (tertiary/aromatic N) is 13. The largest absolute Gasteiger partial charge is 0.494 e. The Morgan fingerprint density at radius 3 is 1.63 bits per heavy atom. The number of aldehydes is 1. The Morgan fingerprint density at radius 1 is 0.616 bits per heavy atom. The van der Waals surface area contributed by atoms with E-state index < -0.39 is 54.1 Å². The van der Waals surface area contributed by atoms with Crippen LogP contribution in [0.4, 0.5) is 13.2 Å². The highest BCUT2D eigenvalue weighted by molar-refractivity contribution is 9.11. The number of ketones is 1. The summed E-state index contributed by atoms with van der Waals surface area (Å²) in [5.41, 5.74) is 10.8. The molecule has 7 aromatic heterocycles. The monoisotopic (exact) mass is 1870 g/mol. The van der Waals surface area contributed by atoms with Crippen molar-refractivity contribution >= 4 is 165 Å². The maximum Gasteiger partial charge on any atom is 0.494 e. The predicted molar refractivity (Wildman–Crippen MR) is 444 cm³/mol. The van der Waals surface area contributed by atoms with Crippen molar-refractivity contribution in [3.8, 4) is 33.6 Å². The zero-order valence-corrected chi connectivity index (χ0v) is 71.2. The lowest BCUT2D eigenvalue weighted by Gasteiger charge is -2.32. The third-order valence-electron chi connectivity index (χ3n) is 17.3. The number of thiazole rings is 1. The first-order valence-corrected chi connectivity index (χ1v) is 39.0. The minimum Gasteiger partial charge on any atom is -0.467 e. The molecular formula is C80H69BBr5ClF3N13O8S. The number of halogens is 9. The highest BCUT2D eigenvalue weighted by atomic mass is 79.9. The van der Waals surface area contributed by atoms with E-state index in [0.29, 0.717) is 30.3 Å². The molecule has 1 aliphatic heterocycles. The maximum absolute atomic E-state index is 13.5. The van der Waals surface area contributed by atoms with E-state index in [-0.39, 0.29) is 33.5 Å². The summed E-state index contributed by atoms with van der Waals surface area (Å²) in [6.45, 7) is 15.9. The Bertz CT molecular complexity index is 5660. The van der Waals surface area contributed by atoms with Gasteiger partial charge in [-0.2, -0.15) is 10.2 Å². The number of esters is 1. The number of benzene rings is 7. The minimum absolute atomic E-state index is 0.00387. The van der Waals surface area contributed by atoms with Crippen molar-refractivity contribution in [3.05, 3.63) is 279 Å². The second kappa shape index (κ2) is 37.7. The van der Waals surface area contributed by atoms with Crippen LogP contribution in [0.2, 0.25) is 5.02 Å². The highest BCUT2D eigenvalue weighted by Crippen LogP contribution is 2.45. The molecule has 1 N–H and O–H groups in total. The third-order valence-corrected chi connectivity index (χ3v) is 21.1. The molecule has 0 saturated carbocycles. The molecule has 0 amide bonds. The molecule has 1 unspecified atom stereocenters. The first-order valence-electron chi connectivity index (χ1n) is 33.8. The first-order chi connectivity index (χ1) is 53.2. The van der Waals surface area contributed by atoms with Crippen LogP contribution in [0.15, 0.2) is 218 Å². The van der Waals surface area contributed by atoms with Gasteiger partial charge in [0.2, 0.25) is 0 Å². The first kappa shape index (κ1) is 85.3. The van der Waals surface area contributed by atoms with Crippen LogP contribution >= 0.6 is 103 Å². The maximum atomic E-state index is 13.5. The van der Waals surface area contributed by atoms with Gasteiger partial charge in [-0.15, -0.1) is 11.3 Å². The quantitative estimate of drug-likeness (QED) is 0.0516. The summed E-state index contributed by atoms with van der Waals surface area (Å²) in [6.07, 6.45) is 17.0. The number of methoxy groups -OCH3 is 1. The fraction of sp³-hybridized carbons (Fsp3) is 0.200. The zero-order chi connectivity index (χ0) is 80.9. The third kappa shape index (κ3) is 21.2. The number of carbonyl (C=O) groups is 3. The van der Waals surface area contributed by atoms with Crippen LogP contribution in [-0.2, 0) is 37.7 Å². The van der Waals surface area contributed by atoms with Crippen LogP contribution in [0.1, 0.15) is 109 Å². The number of aliphatic hydroxyl groups excluding tert-OH is 1. The normalized spacial score (nSPS) is 13.2. The number of ether oxygens (including phenoxy) is 2. The smallest absolute Gasteiger partial charge is 0.467 e. The molecule has 15 rings (SSSR count). The number of aryl methyl sites for hydroxylation is 3. The van der Waals surface area contributed by atoms with Crippen molar-refractivity contribution in [1.29, 1.82) is 0 Å². The average Bonchev–Trinajstić information content (AvgIpc) is 1.33. The number of carbonyl (C=O) groups excluding carboxylic acids is 3. The van der Waals surface area contributed by atoms with E-state index in [1.807, 2.05) is 99.7 Å². The second-order valence-electron chi connectivity index (χ2n) is 26.8. The van der Waals surface area contributed by atoms with Gasteiger partial charge in [-0.25, -0.2) is 62.8 Å². The Kier molecular flexibility index (Phi) is 28.7. The number of aliphatic hydroxyl groups is 1. The molecule has 1 fully saturated rings.